The number of hydrogen-bond acceptors (Lipinski definition) is 10. The number of hydrogen-bond donors (Lipinski definition) is 0. The molecule has 0 aliphatic heterocycles. The third-order valence-corrected chi connectivity index (χ3v) is 11.7. The molecule has 0 heterocycles. The van der Waals surface area contributed by atoms with Gasteiger partial charge >= 0.3 is 42.3 Å². The summed E-state index contributed by atoms with van der Waals surface area (Å²) in [5, 5.41) is 0. The number of alkyl halides is 10. The minimum absolute atomic E-state index is 0.0351. The van der Waals surface area contributed by atoms with Crippen LogP contribution < -0.4 is 0 Å². The molecule has 0 fully saturated rings. The molecule has 0 aliphatic rings. The summed E-state index contributed by atoms with van der Waals surface area (Å²) in [4.78, 5) is 40.0. The Bertz CT molecular complexity index is 1370. The van der Waals surface area contributed by atoms with Crippen LogP contribution >= 0.6 is 0 Å². The number of rotatable bonds is 47. The fourth-order valence-electron chi connectivity index (χ4n) is 7.12. The van der Waals surface area contributed by atoms with E-state index in [-0.39, 0.29) is 84.6 Å². The van der Waals surface area contributed by atoms with Gasteiger partial charge in [0.05, 0.1) is 12.5 Å². The third-order valence-electron chi connectivity index (χ3n) is 11.7. The highest BCUT2D eigenvalue weighted by Crippen LogP contribution is 2.40. The van der Waals surface area contributed by atoms with Crippen molar-refractivity contribution in [1.29, 1.82) is 0 Å². The van der Waals surface area contributed by atoms with Gasteiger partial charge in [0.1, 0.15) is 19.8 Å². The molecule has 0 aromatic rings. The van der Waals surface area contributed by atoms with E-state index < -0.39 is 67.3 Å². The number of carbonyl (C=O) groups excluding carboxylic acids is 3. The Morgan fingerprint density at radius 3 is 1.42 bits per heavy atom. The van der Waals surface area contributed by atoms with E-state index in [9.17, 15) is 58.3 Å². The van der Waals surface area contributed by atoms with Crippen molar-refractivity contribution in [3.05, 3.63) is 24.3 Å². The largest absolute Gasteiger partial charge is 0.508 e. The molecule has 10 nitrogen and oxygen atoms in total. The van der Waals surface area contributed by atoms with Gasteiger partial charge in [0.15, 0.2) is 6.29 Å². The van der Waals surface area contributed by atoms with Gasteiger partial charge in [0, 0.05) is 45.4 Å². The Morgan fingerprint density at radius 1 is 0.472 bits per heavy atom. The fraction of sp³-hybridized carbons (Fsp3) is 0.865. The number of halogens is 10. The second kappa shape index (κ2) is 42.1. The lowest BCUT2D eigenvalue weighted by atomic mass is 10.1. The van der Waals surface area contributed by atoms with Gasteiger partial charge in [-0.3, -0.25) is 9.59 Å². The molecule has 0 aliphatic carbocycles. The van der Waals surface area contributed by atoms with Crippen LogP contribution in [0.3, 0.4) is 0 Å². The molecule has 0 rings (SSSR count). The van der Waals surface area contributed by atoms with Gasteiger partial charge in [-0.2, -0.15) is 43.9 Å². The molecule has 0 radical (unpaired) electrons. The summed E-state index contributed by atoms with van der Waals surface area (Å²) >= 11 is 0. The van der Waals surface area contributed by atoms with Crippen LogP contribution in [-0.4, -0.2) is 113 Å². The van der Waals surface area contributed by atoms with Crippen LogP contribution in [-0.2, 0) is 38.0 Å². The van der Waals surface area contributed by atoms with Crippen molar-refractivity contribution in [3.8, 4) is 0 Å². The van der Waals surface area contributed by atoms with Gasteiger partial charge in [-0.15, -0.1) is 0 Å². The lowest BCUT2D eigenvalue weighted by molar-refractivity contribution is -0.284. The Morgan fingerprint density at radius 2 is 0.917 bits per heavy atom. The molecule has 0 amide bonds. The number of allylic oxidation sites excluding steroid dienone is 4. The van der Waals surface area contributed by atoms with Gasteiger partial charge in [0.25, 0.3) is 0 Å². The van der Waals surface area contributed by atoms with Crippen molar-refractivity contribution < 1.29 is 86.7 Å². The van der Waals surface area contributed by atoms with Crippen LogP contribution in [0.2, 0.25) is 0 Å². The molecule has 1 unspecified atom stereocenters. The second-order valence-electron chi connectivity index (χ2n) is 18.2. The van der Waals surface area contributed by atoms with E-state index in [1.54, 1.807) is 0 Å². The first-order valence-corrected chi connectivity index (χ1v) is 26.4. The molecule has 0 N–H and O–H groups in total. The van der Waals surface area contributed by atoms with Crippen LogP contribution in [0.4, 0.5) is 48.7 Å². The van der Waals surface area contributed by atoms with E-state index in [2.05, 4.69) is 36.1 Å². The zero-order valence-corrected chi connectivity index (χ0v) is 43.3. The standard InChI is InChI=1S/C52H87F10NO9/c1-4-7-8-9-10-11-12-13-14-15-16-17-18-19-24-32-45(64)70-41-44(43-72-48(66)69-40-31-37-63(5-2)6-3)42-71-46(65)33-25-26-34-47(67-38-29-22-20-27-35-49(53,54)51(57,58)59)68-39-30-23-21-28-36-50(55,56)52(60,61)62/h10-11,13-14,44,47H,4-9,12,15-43H2,1-3H3/b11-10-,14-13-. The van der Waals surface area contributed by atoms with Crippen LogP contribution in [0.15, 0.2) is 24.3 Å². The van der Waals surface area contributed by atoms with Crippen LogP contribution in [0, 0.1) is 5.92 Å². The number of esters is 2. The first-order valence-electron chi connectivity index (χ1n) is 26.4. The van der Waals surface area contributed by atoms with Crippen LogP contribution in [0.1, 0.15) is 194 Å². The number of nitrogens with zero attached hydrogens (tertiary/aromatic N) is 1. The highest BCUT2D eigenvalue weighted by Gasteiger charge is 2.57. The lowest BCUT2D eigenvalue weighted by Gasteiger charge is -2.20. The summed E-state index contributed by atoms with van der Waals surface area (Å²) in [6.45, 7) is 8.38. The van der Waals surface area contributed by atoms with Gasteiger partial charge in [-0.25, -0.2) is 4.79 Å². The summed E-state index contributed by atoms with van der Waals surface area (Å²) in [6.07, 6.45) is 7.14. The second-order valence-corrected chi connectivity index (χ2v) is 18.2. The molecular weight excluding hydrogens is 973 g/mol. The number of unbranched alkanes of at least 4 members (excludes halogenated alkanes) is 15. The first-order chi connectivity index (χ1) is 34.2. The topological polar surface area (TPSA) is 110 Å². The Hall–Kier alpha value is -3.13. The van der Waals surface area contributed by atoms with E-state index >= 15 is 0 Å². The lowest BCUT2D eigenvalue weighted by Crippen LogP contribution is -2.36. The summed E-state index contributed by atoms with van der Waals surface area (Å²) < 4.78 is 160. The number of ether oxygens (including phenoxy) is 6. The summed E-state index contributed by atoms with van der Waals surface area (Å²) in [7, 11) is 0. The maximum atomic E-state index is 13.2. The molecule has 424 valence electrons. The summed E-state index contributed by atoms with van der Waals surface area (Å²) in [6, 6.07) is 0. The van der Waals surface area contributed by atoms with E-state index in [1.165, 1.54) is 19.3 Å². The van der Waals surface area contributed by atoms with E-state index in [0.29, 0.717) is 51.4 Å². The smallest absolute Gasteiger partial charge is 0.465 e. The zero-order chi connectivity index (χ0) is 54.0. The number of carbonyl (C=O) groups is 3. The maximum absolute atomic E-state index is 13.2. The Labute approximate surface area is 423 Å². The molecule has 20 heteroatoms. The predicted molar refractivity (Wildman–Crippen MR) is 257 cm³/mol. The van der Waals surface area contributed by atoms with Crippen molar-refractivity contribution in [2.45, 2.75) is 225 Å². The van der Waals surface area contributed by atoms with Crippen molar-refractivity contribution >= 4 is 18.1 Å². The Kier molecular flexibility index (Phi) is 40.3. The normalized spacial score (nSPS) is 13.2. The molecule has 0 saturated heterocycles. The summed E-state index contributed by atoms with van der Waals surface area (Å²) in [5.41, 5.74) is 0. The van der Waals surface area contributed by atoms with E-state index in [1.807, 2.05) is 13.8 Å². The van der Waals surface area contributed by atoms with E-state index in [4.69, 9.17) is 28.4 Å². The highest BCUT2D eigenvalue weighted by atomic mass is 19.4. The van der Waals surface area contributed by atoms with Crippen molar-refractivity contribution in [2.75, 3.05) is 59.3 Å². The molecule has 0 saturated carbocycles. The zero-order valence-electron chi connectivity index (χ0n) is 43.3. The molecular formula is C52H87F10NO9. The van der Waals surface area contributed by atoms with Gasteiger partial charge < -0.3 is 33.3 Å². The molecule has 0 bridgehead atoms. The van der Waals surface area contributed by atoms with Crippen LogP contribution in [0.5, 0.6) is 0 Å². The van der Waals surface area contributed by atoms with Crippen molar-refractivity contribution in [1.82, 2.24) is 4.90 Å². The van der Waals surface area contributed by atoms with E-state index in [0.717, 1.165) is 64.6 Å². The van der Waals surface area contributed by atoms with Gasteiger partial charge in [-0.1, -0.05) is 103 Å². The average molecular weight is 1060 g/mol. The molecule has 0 aromatic heterocycles. The monoisotopic (exact) mass is 1060 g/mol. The first kappa shape index (κ1) is 68.9. The summed E-state index contributed by atoms with van der Waals surface area (Å²) in [5.74, 6) is -11.2. The molecule has 0 aromatic carbocycles. The minimum Gasteiger partial charge on any atom is -0.465 e. The predicted octanol–water partition coefficient (Wildman–Crippen LogP) is 15.6. The SMILES string of the molecule is CCCCC/C=C\C/C=C\CCCCCCCC(=O)OCC(COC(=O)CCCCC(OCCCCCCC(F)(F)C(F)(F)F)OCCCCCCC(F)(F)C(F)(F)F)COC(=O)OCCCN(CC)CC. The van der Waals surface area contributed by atoms with Crippen molar-refractivity contribution in [2.24, 2.45) is 5.92 Å². The molecule has 0 spiro atoms. The fourth-order valence-corrected chi connectivity index (χ4v) is 7.12. The van der Waals surface area contributed by atoms with Gasteiger partial charge in [0.2, 0.25) is 0 Å². The van der Waals surface area contributed by atoms with Gasteiger partial charge in [-0.05, 0) is 103 Å². The maximum Gasteiger partial charge on any atom is 0.508 e. The highest BCUT2D eigenvalue weighted by molar-refractivity contribution is 5.69. The van der Waals surface area contributed by atoms with Crippen LogP contribution in [0.25, 0.3) is 0 Å². The Balaban J connectivity index is 5.03. The molecule has 72 heavy (non-hydrogen) atoms. The van der Waals surface area contributed by atoms with Crippen molar-refractivity contribution in [3.63, 3.8) is 0 Å². The minimum atomic E-state index is -5.62. The molecule has 1 atom stereocenters. The third kappa shape index (κ3) is 38.4. The average Bonchev–Trinajstić information content (AvgIpc) is 3.32. The quantitative estimate of drug-likeness (QED) is 0.0146.